The normalized spacial score (nSPS) is 12.2. The zero-order chi connectivity index (χ0) is 16.7. The lowest BCUT2D eigenvalue weighted by molar-refractivity contribution is -0.0169. The molecule has 5 heteroatoms. The largest absolute Gasteiger partial charge is 0.782 e. The highest BCUT2D eigenvalue weighted by Gasteiger charge is 2.19. The molecule has 0 spiro atoms. The molecule has 0 amide bonds. The molecule has 23 heavy (non-hydrogen) atoms. The van der Waals surface area contributed by atoms with Gasteiger partial charge >= 0.3 is 5.97 Å². The number of ether oxygens (including phenoxy) is 1. The fourth-order valence-electron chi connectivity index (χ4n) is 2.13. The summed E-state index contributed by atoms with van der Waals surface area (Å²) in [6.07, 6.45) is 0.665. The molecule has 0 aromatic heterocycles. The van der Waals surface area contributed by atoms with E-state index in [1.165, 1.54) is 6.07 Å². The molecule has 0 saturated heterocycles. The Morgan fingerprint density at radius 1 is 1.22 bits per heavy atom. The Morgan fingerprint density at radius 2 is 1.96 bits per heavy atom. The van der Waals surface area contributed by atoms with Crippen LogP contribution < -0.4 is 0 Å². The molecule has 122 valence electrons. The molecule has 0 radical (unpaired) electrons. The second kappa shape index (κ2) is 8.67. The first-order valence-electron chi connectivity index (χ1n) is 7.57. The van der Waals surface area contributed by atoms with Crippen molar-refractivity contribution in [2.24, 2.45) is 0 Å². The quantitative estimate of drug-likeness (QED) is 0.415. The third-order valence-corrected chi connectivity index (χ3v) is 3.59. The highest BCUT2D eigenvalue weighted by Crippen LogP contribution is 2.24. The average Bonchev–Trinajstić information content (AvgIpc) is 2.58. The molecule has 2 aromatic carbocycles. The summed E-state index contributed by atoms with van der Waals surface area (Å²) in [6.45, 7) is 2.31. The molecule has 0 aliphatic rings. The second-order valence-electron chi connectivity index (χ2n) is 5.17. The van der Waals surface area contributed by atoms with Crippen molar-refractivity contribution in [1.82, 2.24) is 5.06 Å². The maximum atomic E-state index is 12.3. The fraction of sp³-hybridized carbons (Fsp3) is 0.278. The smallest absolute Gasteiger partial charge is 0.339 e. The van der Waals surface area contributed by atoms with Crippen molar-refractivity contribution in [2.45, 2.75) is 26.0 Å². The lowest BCUT2D eigenvalue weighted by Gasteiger charge is -2.36. The summed E-state index contributed by atoms with van der Waals surface area (Å²) in [5, 5.41) is 13.6. The van der Waals surface area contributed by atoms with Gasteiger partial charge in [-0.3, -0.25) is 0 Å². The number of esters is 1. The molecule has 0 fully saturated rings. The van der Waals surface area contributed by atoms with Gasteiger partial charge in [0.05, 0.1) is 5.56 Å². The first-order chi connectivity index (χ1) is 11.1. The van der Waals surface area contributed by atoms with Gasteiger partial charge in [-0.15, -0.1) is 0 Å². The third-order valence-electron chi connectivity index (χ3n) is 3.36. The number of hydrogen-bond donors (Lipinski definition) is 0. The maximum Gasteiger partial charge on any atom is 0.339 e. The summed E-state index contributed by atoms with van der Waals surface area (Å²) in [5.74, 6) is -0.571. The molecule has 4 nitrogen and oxygen atoms in total. The minimum atomic E-state index is -0.964. The van der Waals surface area contributed by atoms with Gasteiger partial charge in [0, 0.05) is 10.6 Å². The standard InChI is InChI=1S/C18H19ClNO3/c1-2-3-12-20(22)17(14-8-5-4-6-9-14)23-18(21)15-10-7-11-16(19)13-15/h4-11,13,17H,2-3,12H2,1H3/q-1. The first kappa shape index (κ1) is 17.5. The molecule has 0 aliphatic carbocycles. The minimum Gasteiger partial charge on any atom is -0.782 e. The molecule has 0 heterocycles. The SMILES string of the molecule is CCCCN([O-])C(OC(=O)c1cccc(Cl)c1)c1ccccc1. The van der Waals surface area contributed by atoms with Gasteiger partial charge in [-0.1, -0.05) is 61.3 Å². The van der Waals surface area contributed by atoms with E-state index >= 15 is 0 Å². The zero-order valence-corrected chi connectivity index (χ0v) is 13.7. The number of carbonyl (C=O) groups excluding carboxylic acids is 1. The molecule has 0 N–H and O–H groups in total. The van der Waals surface area contributed by atoms with Crippen molar-refractivity contribution < 1.29 is 9.53 Å². The summed E-state index contributed by atoms with van der Waals surface area (Å²) in [4.78, 5) is 12.3. The third kappa shape index (κ3) is 5.06. The number of halogens is 1. The van der Waals surface area contributed by atoms with Crippen LogP contribution in [0.4, 0.5) is 0 Å². The van der Waals surface area contributed by atoms with Crippen molar-refractivity contribution in [3.05, 3.63) is 76.0 Å². The van der Waals surface area contributed by atoms with Gasteiger partial charge in [-0.2, -0.15) is 0 Å². The Labute approximate surface area is 141 Å². The number of benzene rings is 2. The Hall–Kier alpha value is -1.88. The van der Waals surface area contributed by atoms with Crippen LogP contribution in [0.15, 0.2) is 54.6 Å². The van der Waals surface area contributed by atoms with Crippen LogP contribution in [0.2, 0.25) is 5.02 Å². The molecule has 1 atom stereocenters. The number of rotatable bonds is 7. The number of unbranched alkanes of at least 4 members (excludes halogenated alkanes) is 1. The number of nitrogens with zero attached hydrogens (tertiary/aromatic N) is 1. The Morgan fingerprint density at radius 3 is 2.61 bits per heavy atom. The van der Waals surface area contributed by atoms with Gasteiger partial charge in [0.15, 0.2) is 6.23 Å². The van der Waals surface area contributed by atoms with E-state index in [0.29, 0.717) is 22.7 Å². The van der Waals surface area contributed by atoms with E-state index in [9.17, 15) is 10.0 Å². The van der Waals surface area contributed by atoms with Crippen molar-refractivity contribution in [2.75, 3.05) is 6.54 Å². The van der Waals surface area contributed by atoms with Crippen molar-refractivity contribution in [3.8, 4) is 0 Å². The highest BCUT2D eigenvalue weighted by molar-refractivity contribution is 6.30. The van der Waals surface area contributed by atoms with Gasteiger partial charge < -0.3 is 15.0 Å². The van der Waals surface area contributed by atoms with Gasteiger partial charge in [0.25, 0.3) is 0 Å². The molecule has 2 rings (SSSR count). The van der Waals surface area contributed by atoms with Gasteiger partial charge in [0.2, 0.25) is 0 Å². The van der Waals surface area contributed by atoms with E-state index in [2.05, 4.69) is 0 Å². The average molecular weight is 333 g/mol. The number of hydroxylamine groups is 2. The van der Waals surface area contributed by atoms with Crippen molar-refractivity contribution in [1.29, 1.82) is 0 Å². The van der Waals surface area contributed by atoms with E-state index in [1.807, 2.05) is 25.1 Å². The molecule has 0 bridgehead atoms. The van der Waals surface area contributed by atoms with Gasteiger partial charge in [-0.05, 0) is 31.2 Å². The summed E-state index contributed by atoms with van der Waals surface area (Å²) in [6, 6.07) is 15.5. The molecular weight excluding hydrogens is 314 g/mol. The molecule has 1 unspecified atom stereocenters. The molecular formula is C18H19ClNO3-. The summed E-state index contributed by atoms with van der Waals surface area (Å²) < 4.78 is 5.45. The first-order valence-corrected chi connectivity index (χ1v) is 7.95. The topological polar surface area (TPSA) is 52.6 Å². The minimum absolute atomic E-state index is 0.304. The van der Waals surface area contributed by atoms with Crippen LogP contribution >= 0.6 is 11.6 Å². The van der Waals surface area contributed by atoms with Crippen LogP contribution in [-0.4, -0.2) is 17.6 Å². The van der Waals surface area contributed by atoms with Crippen LogP contribution in [0, 0.1) is 5.21 Å². The number of carbonyl (C=O) groups is 1. The number of hydrogen-bond acceptors (Lipinski definition) is 4. The highest BCUT2D eigenvalue weighted by atomic mass is 35.5. The lowest BCUT2D eigenvalue weighted by atomic mass is 10.2. The van der Waals surface area contributed by atoms with E-state index in [-0.39, 0.29) is 0 Å². The van der Waals surface area contributed by atoms with Crippen LogP contribution in [0.25, 0.3) is 0 Å². The van der Waals surface area contributed by atoms with E-state index in [1.54, 1.807) is 30.3 Å². The summed E-state index contributed by atoms with van der Waals surface area (Å²) >= 11 is 5.89. The van der Waals surface area contributed by atoms with E-state index in [0.717, 1.165) is 17.9 Å². The fourth-order valence-corrected chi connectivity index (χ4v) is 2.32. The molecule has 2 aromatic rings. The lowest BCUT2D eigenvalue weighted by Crippen LogP contribution is -2.28. The summed E-state index contributed by atoms with van der Waals surface area (Å²) in [5.41, 5.74) is 0.969. The van der Waals surface area contributed by atoms with Crippen molar-refractivity contribution >= 4 is 17.6 Å². The van der Waals surface area contributed by atoms with E-state index < -0.39 is 12.2 Å². The Balaban J connectivity index is 2.18. The molecule has 0 aliphatic heterocycles. The van der Waals surface area contributed by atoms with Crippen LogP contribution in [0.3, 0.4) is 0 Å². The van der Waals surface area contributed by atoms with Crippen molar-refractivity contribution in [3.63, 3.8) is 0 Å². The monoisotopic (exact) mass is 332 g/mol. The predicted molar refractivity (Wildman–Crippen MR) is 91.0 cm³/mol. The predicted octanol–water partition coefficient (Wildman–Crippen LogP) is 4.80. The summed E-state index contributed by atoms with van der Waals surface area (Å²) in [7, 11) is 0. The maximum absolute atomic E-state index is 12.3. The second-order valence-corrected chi connectivity index (χ2v) is 5.61. The Bertz CT molecular complexity index is 633. The zero-order valence-electron chi connectivity index (χ0n) is 12.9. The van der Waals surface area contributed by atoms with Crippen LogP contribution in [0.1, 0.15) is 41.9 Å². The van der Waals surface area contributed by atoms with Crippen LogP contribution in [-0.2, 0) is 4.74 Å². The molecule has 0 saturated carbocycles. The van der Waals surface area contributed by atoms with Gasteiger partial charge in [0.1, 0.15) is 0 Å². The van der Waals surface area contributed by atoms with E-state index in [4.69, 9.17) is 16.3 Å². The Kier molecular flexibility index (Phi) is 6.59. The van der Waals surface area contributed by atoms with Crippen LogP contribution in [0.5, 0.6) is 0 Å². The van der Waals surface area contributed by atoms with Gasteiger partial charge in [-0.25, -0.2) is 4.79 Å².